The molecule has 2 heterocycles. The number of carbonyl (C=O) groups excluding carboxylic acids is 1. The molecule has 0 unspecified atom stereocenters. The van der Waals surface area contributed by atoms with Crippen LogP contribution in [0.15, 0.2) is 47.4 Å². The largest absolute Gasteiger partial charge is 0.336 e. The molecule has 1 aromatic carbocycles. The molecule has 0 bridgehead atoms. The van der Waals surface area contributed by atoms with E-state index in [1.165, 1.54) is 19.2 Å². The van der Waals surface area contributed by atoms with Gasteiger partial charge in [-0.15, -0.1) is 0 Å². The average Bonchev–Trinajstić information content (AvgIpc) is 2.75. The van der Waals surface area contributed by atoms with Gasteiger partial charge in [-0.1, -0.05) is 43.7 Å². The van der Waals surface area contributed by atoms with E-state index < -0.39 is 10.2 Å². The quantitative estimate of drug-likeness (QED) is 0.646. The Morgan fingerprint density at radius 3 is 2.32 bits per heavy atom. The van der Waals surface area contributed by atoms with E-state index in [4.69, 9.17) is 0 Å². The van der Waals surface area contributed by atoms with Gasteiger partial charge in [0, 0.05) is 45.5 Å². The summed E-state index contributed by atoms with van der Waals surface area (Å²) in [4.78, 5) is 27.5. The molecule has 0 spiro atoms. The SMILES string of the molecule is CCN(CC)S(=O)(=O)N1CCN(C(=O)c2cccn(Cc3cccc(C)c3)c2=O)CC1. The van der Waals surface area contributed by atoms with E-state index in [9.17, 15) is 18.0 Å². The summed E-state index contributed by atoms with van der Waals surface area (Å²) in [7, 11) is -3.53. The van der Waals surface area contributed by atoms with Crippen molar-refractivity contribution in [3.63, 3.8) is 0 Å². The van der Waals surface area contributed by atoms with Crippen molar-refractivity contribution in [1.82, 2.24) is 18.1 Å². The predicted molar refractivity (Wildman–Crippen MR) is 120 cm³/mol. The third kappa shape index (κ3) is 5.06. The Kier molecular flexibility index (Phi) is 7.30. The van der Waals surface area contributed by atoms with Crippen LogP contribution >= 0.6 is 0 Å². The number of benzene rings is 1. The first-order valence-corrected chi connectivity index (χ1v) is 12.0. The van der Waals surface area contributed by atoms with Crippen molar-refractivity contribution in [2.75, 3.05) is 39.3 Å². The summed E-state index contributed by atoms with van der Waals surface area (Å²) in [6.45, 7) is 7.74. The highest BCUT2D eigenvalue weighted by Crippen LogP contribution is 2.14. The average molecular weight is 447 g/mol. The first-order chi connectivity index (χ1) is 14.8. The van der Waals surface area contributed by atoms with Gasteiger partial charge in [0.05, 0.1) is 6.54 Å². The van der Waals surface area contributed by atoms with Crippen molar-refractivity contribution in [3.8, 4) is 0 Å². The van der Waals surface area contributed by atoms with E-state index in [1.54, 1.807) is 31.0 Å². The van der Waals surface area contributed by atoms with Crippen molar-refractivity contribution >= 4 is 16.1 Å². The van der Waals surface area contributed by atoms with Gasteiger partial charge in [0.15, 0.2) is 0 Å². The molecular formula is C22H30N4O4S. The molecule has 9 heteroatoms. The van der Waals surface area contributed by atoms with Gasteiger partial charge in [-0.3, -0.25) is 9.59 Å². The minimum atomic E-state index is -3.53. The van der Waals surface area contributed by atoms with Crippen LogP contribution in [-0.2, 0) is 16.8 Å². The van der Waals surface area contributed by atoms with Gasteiger partial charge in [0.1, 0.15) is 5.56 Å². The Morgan fingerprint density at radius 2 is 1.71 bits per heavy atom. The smallest absolute Gasteiger partial charge is 0.282 e. The van der Waals surface area contributed by atoms with Crippen LogP contribution in [0.1, 0.15) is 35.3 Å². The molecule has 168 valence electrons. The number of nitrogens with zero attached hydrogens (tertiary/aromatic N) is 4. The summed E-state index contributed by atoms with van der Waals surface area (Å²) in [6.07, 6.45) is 1.68. The highest BCUT2D eigenvalue weighted by molar-refractivity contribution is 7.86. The monoisotopic (exact) mass is 446 g/mol. The Hall–Kier alpha value is -2.49. The topological polar surface area (TPSA) is 82.9 Å². The molecule has 1 saturated heterocycles. The zero-order valence-corrected chi connectivity index (χ0v) is 19.1. The van der Waals surface area contributed by atoms with Gasteiger partial charge in [0.2, 0.25) is 0 Å². The number of aromatic nitrogens is 1. The molecule has 2 aromatic rings. The first kappa shape index (κ1) is 23.2. The molecule has 1 amide bonds. The van der Waals surface area contributed by atoms with Crippen LogP contribution in [0.3, 0.4) is 0 Å². The standard InChI is InChI=1S/C22H30N4O4S/c1-4-25(5-2)31(29,30)26-14-12-23(13-15-26)21(27)20-10-7-11-24(22(20)28)17-19-9-6-8-18(3)16-19/h6-11,16H,4-5,12-15,17H2,1-3H3. The lowest BCUT2D eigenvalue weighted by molar-refractivity contribution is 0.0691. The minimum Gasteiger partial charge on any atom is -0.336 e. The molecule has 1 aliphatic heterocycles. The molecule has 31 heavy (non-hydrogen) atoms. The second-order valence-electron chi connectivity index (χ2n) is 7.63. The zero-order chi connectivity index (χ0) is 22.6. The van der Waals surface area contributed by atoms with Crippen LogP contribution in [0.5, 0.6) is 0 Å². The third-order valence-corrected chi connectivity index (χ3v) is 7.76. The van der Waals surface area contributed by atoms with E-state index in [0.29, 0.717) is 19.6 Å². The lowest BCUT2D eigenvalue weighted by atomic mass is 10.1. The maximum atomic E-state index is 13.0. The molecule has 0 radical (unpaired) electrons. The predicted octanol–water partition coefficient (Wildman–Crippen LogP) is 1.55. The number of hydrogen-bond donors (Lipinski definition) is 0. The molecule has 0 aliphatic carbocycles. The minimum absolute atomic E-state index is 0.107. The van der Waals surface area contributed by atoms with Gasteiger partial charge in [0.25, 0.3) is 21.7 Å². The molecule has 0 atom stereocenters. The maximum absolute atomic E-state index is 13.0. The maximum Gasteiger partial charge on any atom is 0.282 e. The number of amides is 1. The highest BCUT2D eigenvalue weighted by Gasteiger charge is 2.32. The van der Waals surface area contributed by atoms with Gasteiger partial charge in [-0.05, 0) is 24.6 Å². The van der Waals surface area contributed by atoms with E-state index in [2.05, 4.69) is 0 Å². The van der Waals surface area contributed by atoms with Crippen LogP contribution < -0.4 is 5.56 Å². The fourth-order valence-electron chi connectivity index (χ4n) is 3.84. The van der Waals surface area contributed by atoms with E-state index in [-0.39, 0.29) is 43.2 Å². The van der Waals surface area contributed by atoms with E-state index in [0.717, 1.165) is 11.1 Å². The summed E-state index contributed by atoms with van der Waals surface area (Å²) in [5.74, 6) is -0.358. The molecule has 0 N–H and O–H groups in total. The molecule has 3 rings (SSSR count). The second kappa shape index (κ2) is 9.76. The summed E-state index contributed by atoms with van der Waals surface area (Å²) in [5, 5.41) is 0. The van der Waals surface area contributed by atoms with E-state index in [1.807, 2.05) is 31.2 Å². The van der Waals surface area contributed by atoms with E-state index >= 15 is 0 Å². The van der Waals surface area contributed by atoms with Crippen LogP contribution in [0.25, 0.3) is 0 Å². The summed E-state index contributed by atoms with van der Waals surface area (Å²) in [5.41, 5.74) is 1.86. The molecule has 8 nitrogen and oxygen atoms in total. The number of pyridine rings is 1. The van der Waals surface area contributed by atoms with Crippen LogP contribution in [0.4, 0.5) is 0 Å². The Labute approximate surface area is 183 Å². The normalized spacial score (nSPS) is 15.4. The fraction of sp³-hybridized carbons (Fsp3) is 0.455. The van der Waals surface area contributed by atoms with Gasteiger partial charge < -0.3 is 9.47 Å². The lowest BCUT2D eigenvalue weighted by Crippen LogP contribution is -2.54. The van der Waals surface area contributed by atoms with Gasteiger partial charge in [-0.25, -0.2) is 0 Å². The lowest BCUT2D eigenvalue weighted by Gasteiger charge is -2.36. The van der Waals surface area contributed by atoms with Crippen LogP contribution in [0, 0.1) is 6.92 Å². The van der Waals surface area contributed by atoms with Crippen LogP contribution in [0.2, 0.25) is 0 Å². The number of aryl methyl sites for hydroxylation is 1. The summed E-state index contributed by atoms with van der Waals surface area (Å²) >= 11 is 0. The van der Waals surface area contributed by atoms with Crippen LogP contribution in [-0.4, -0.2) is 71.7 Å². The second-order valence-corrected chi connectivity index (χ2v) is 9.56. The van der Waals surface area contributed by atoms with Crippen molar-refractivity contribution < 1.29 is 13.2 Å². The molecular weight excluding hydrogens is 416 g/mol. The molecule has 1 aromatic heterocycles. The molecule has 0 saturated carbocycles. The Balaban J connectivity index is 1.72. The zero-order valence-electron chi connectivity index (χ0n) is 18.3. The fourth-order valence-corrected chi connectivity index (χ4v) is 5.44. The highest BCUT2D eigenvalue weighted by atomic mass is 32.2. The van der Waals surface area contributed by atoms with Gasteiger partial charge in [-0.2, -0.15) is 17.0 Å². The number of piperazine rings is 1. The first-order valence-electron chi connectivity index (χ1n) is 10.6. The van der Waals surface area contributed by atoms with Crippen molar-refractivity contribution in [1.29, 1.82) is 0 Å². The molecule has 1 fully saturated rings. The number of rotatable bonds is 7. The Morgan fingerprint density at radius 1 is 1.03 bits per heavy atom. The van der Waals surface area contributed by atoms with Crippen molar-refractivity contribution in [3.05, 3.63) is 69.6 Å². The van der Waals surface area contributed by atoms with Crippen molar-refractivity contribution in [2.24, 2.45) is 0 Å². The third-order valence-electron chi connectivity index (χ3n) is 5.57. The molecule has 1 aliphatic rings. The summed E-state index contributed by atoms with van der Waals surface area (Å²) < 4.78 is 29.7. The van der Waals surface area contributed by atoms with Gasteiger partial charge >= 0.3 is 0 Å². The Bertz CT molecular complexity index is 1080. The number of hydrogen-bond acceptors (Lipinski definition) is 4. The van der Waals surface area contributed by atoms with Crippen molar-refractivity contribution in [2.45, 2.75) is 27.3 Å². The summed E-state index contributed by atoms with van der Waals surface area (Å²) in [6, 6.07) is 11.1. The number of carbonyl (C=O) groups is 1.